The molecular formula is C11H19ClN2S. The van der Waals surface area contributed by atoms with Gasteiger partial charge in [-0.25, -0.2) is 4.98 Å². The Hall–Kier alpha value is -0.120. The lowest BCUT2D eigenvalue weighted by Gasteiger charge is -2.24. The van der Waals surface area contributed by atoms with Crippen LogP contribution in [0.4, 0.5) is 0 Å². The molecule has 0 spiro atoms. The molecule has 15 heavy (non-hydrogen) atoms. The molecule has 1 rings (SSSR count). The van der Waals surface area contributed by atoms with Gasteiger partial charge in [0.15, 0.2) is 0 Å². The monoisotopic (exact) mass is 246 g/mol. The Morgan fingerprint density at radius 2 is 2.13 bits per heavy atom. The van der Waals surface area contributed by atoms with Gasteiger partial charge >= 0.3 is 0 Å². The van der Waals surface area contributed by atoms with E-state index in [4.69, 9.17) is 11.6 Å². The lowest BCUT2D eigenvalue weighted by atomic mass is 10.1. The SMILES string of the molecule is CCC(CC)N(C)Cc1nc(CCl)cs1. The molecule has 0 amide bonds. The summed E-state index contributed by atoms with van der Waals surface area (Å²) in [5, 5.41) is 3.21. The molecule has 0 aromatic carbocycles. The van der Waals surface area contributed by atoms with Crippen molar-refractivity contribution in [2.24, 2.45) is 0 Å². The lowest BCUT2D eigenvalue weighted by Crippen LogP contribution is -2.29. The molecule has 0 N–H and O–H groups in total. The number of nitrogens with zero attached hydrogens (tertiary/aromatic N) is 2. The molecule has 0 aliphatic carbocycles. The first-order valence-electron chi connectivity index (χ1n) is 5.40. The van der Waals surface area contributed by atoms with Gasteiger partial charge in [0.1, 0.15) is 5.01 Å². The van der Waals surface area contributed by atoms with Crippen LogP contribution in [-0.2, 0) is 12.4 Å². The molecule has 0 radical (unpaired) electrons. The topological polar surface area (TPSA) is 16.1 Å². The third kappa shape index (κ3) is 3.74. The van der Waals surface area contributed by atoms with Crippen LogP contribution in [0.5, 0.6) is 0 Å². The van der Waals surface area contributed by atoms with Crippen molar-refractivity contribution in [2.75, 3.05) is 7.05 Å². The summed E-state index contributed by atoms with van der Waals surface area (Å²) in [5.41, 5.74) is 0.995. The van der Waals surface area contributed by atoms with Crippen LogP contribution in [0.15, 0.2) is 5.38 Å². The van der Waals surface area contributed by atoms with Crippen LogP contribution >= 0.6 is 22.9 Å². The molecule has 1 aromatic rings. The summed E-state index contributed by atoms with van der Waals surface area (Å²) in [6.07, 6.45) is 2.39. The van der Waals surface area contributed by atoms with Gasteiger partial charge in [0.2, 0.25) is 0 Å². The highest BCUT2D eigenvalue weighted by atomic mass is 35.5. The largest absolute Gasteiger partial charge is 0.297 e. The van der Waals surface area contributed by atoms with E-state index in [9.17, 15) is 0 Å². The molecule has 4 heteroatoms. The van der Waals surface area contributed by atoms with E-state index in [-0.39, 0.29) is 0 Å². The minimum atomic E-state index is 0.519. The van der Waals surface area contributed by atoms with Crippen LogP contribution in [0.2, 0.25) is 0 Å². The number of hydrogen-bond acceptors (Lipinski definition) is 3. The van der Waals surface area contributed by atoms with Crippen LogP contribution in [0.25, 0.3) is 0 Å². The fourth-order valence-corrected chi connectivity index (χ4v) is 2.82. The second kappa shape index (κ2) is 6.46. The van der Waals surface area contributed by atoms with E-state index in [0.29, 0.717) is 11.9 Å². The molecule has 1 aromatic heterocycles. The molecule has 0 saturated heterocycles. The zero-order valence-electron chi connectivity index (χ0n) is 9.66. The van der Waals surface area contributed by atoms with E-state index < -0.39 is 0 Å². The van der Waals surface area contributed by atoms with Crippen molar-refractivity contribution in [1.82, 2.24) is 9.88 Å². The molecule has 1 heterocycles. The van der Waals surface area contributed by atoms with Crippen molar-refractivity contribution in [3.63, 3.8) is 0 Å². The van der Waals surface area contributed by atoms with E-state index in [1.54, 1.807) is 11.3 Å². The fraction of sp³-hybridized carbons (Fsp3) is 0.727. The van der Waals surface area contributed by atoms with E-state index >= 15 is 0 Å². The summed E-state index contributed by atoms with van der Waals surface area (Å²) < 4.78 is 0. The average molecular weight is 247 g/mol. The van der Waals surface area contributed by atoms with Crippen molar-refractivity contribution < 1.29 is 0 Å². The van der Waals surface area contributed by atoms with Gasteiger partial charge in [0, 0.05) is 11.4 Å². The fourth-order valence-electron chi connectivity index (χ4n) is 1.74. The molecule has 2 nitrogen and oxygen atoms in total. The molecule has 0 aliphatic rings. The highest BCUT2D eigenvalue weighted by Gasteiger charge is 2.12. The maximum Gasteiger partial charge on any atom is 0.107 e. The third-order valence-electron chi connectivity index (χ3n) is 2.69. The first-order valence-corrected chi connectivity index (χ1v) is 6.82. The standard InChI is InChI=1S/C11H19ClN2S/c1-4-10(5-2)14(3)7-11-13-9(6-12)8-15-11/h8,10H,4-7H2,1-3H3. The zero-order valence-corrected chi connectivity index (χ0v) is 11.2. The Kier molecular flexibility index (Phi) is 5.58. The highest BCUT2D eigenvalue weighted by molar-refractivity contribution is 7.09. The Labute approximate surface area is 101 Å². The van der Waals surface area contributed by atoms with E-state index in [0.717, 1.165) is 12.2 Å². The zero-order chi connectivity index (χ0) is 11.3. The summed E-state index contributed by atoms with van der Waals surface area (Å²) in [7, 11) is 2.17. The van der Waals surface area contributed by atoms with Gasteiger partial charge in [-0.3, -0.25) is 4.90 Å². The Bertz CT molecular complexity index is 284. The van der Waals surface area contributed by atoms with Gasteiger partial charge in [-0.05, 0) is 19.9 Å². The molecule has 0 unspecified atom stereocenters. The van der Waals surface area contributed by atoms with Crippen molar-refractivity contribution in [3.8, 4) is 0 Å². The van der Waals surface area contributed by atoms with Gasteiger partial charge in [-0.1, -0.05) is 13.8 Å². The highest BCUT2D eigenvalue weighted by Crippen LogP contribution is 2.16. The molecule has 0 saturated carbocycles. The summed E-state index contributed by atoms with van der Waals surface area (Å²) >= 11 is 7.43. The van der Waals surface area contributed by atoms with Crippen LogP contribution in [0, 0.1) is 0 Å². The second-order valence-corrected chi connectivity index (χ2v) is 4.96. The minimum absolute atomic E-state index is 0.519. The number of thiazole rings is 1. The van der Waals surface area contributed by atoms with Crippen LogP contribution < -0.4 is 0 Å². The first-order chi connectivity index (χ1) is 7.21. The lowest BCUT2D eigenvalue weighted by molar-refractivity contribution is 0.221. The predicted octanol–water partition coefficient (Wildman–Crippen LogP) is 3.50. The normalized spacial score (nSPS) is 11.6. The summed E-state index contributed by atoms with van der Waals surface area (Å²) in [6.45, 7) is 5.40. The second-order valence-electron chi connectivity index (χ2n) is 3.75. The van der Waals surface area contributed by atoms with Crippen LogP contribution in [-0.4, -0.2) is 23.0 Å². The van der Waals surface area contributed by atoms with Crippen molar-refractivity contribution in [1.29, 1.82) is 0 Å². The van der Waals surface area contributed by atoms with E-state index in [1.807, 2.05) is 5.38 Å². The maximum atomic E-state index is 5.72. The smallest absolute Gasteiger partial charge is 0.107 e. The first kappa shape index (κ1) is 12.9. The Morgan fingerprint density at radius 3 is 2.60 bits per heavy atom. The van der Waals surface area contributed by atoms with Crippen LogP contribution in [0.3, 0.4) is 0 Å². The summed E-state index contributed by atoms with van der Waals surface area (Å²) in [6, 6.07) is 0.661. The molecule has 0 fully saturated rings. The van der Waals surface area contributed by atoms with Crippen LogP contribution in [0.1, 0.15) is 37.4 Å². The van der Waals surface area contributed by atoms with Crippen molar-refractivity contribution >= 4 is 22.9 Å². The number of halogens is 1. The van der Waals surface area contributed by atoms with Gasteiger partial charge in [0.05, 0.1) is 18.1 Å². The van der Waals surface area contributed by atoms with Gasteiger partial charge in [0.25, 0.3) is 0 Å². The third-order valence-corrected chi connectivity index (χ3v) is 3.84. The van der Waals surface area contributed by atoms with Gasteiger partial charge < -0.3 is 0 Å². The molecule has 0 bridgehead atoms. The van der Waals surface area contributed by atoms with Gasteiger partial charge in [-0.2, -0.15) is 0 Å². The Balaban J connectivity index is 2.53. The van der Waals surface area contributed by atoms with E-state index in [2.05, 4.69) is 30.8 Å². The maximum absolute atomic E-state index is 5.72. The number of aromatic nitrogens is 1. The molecular weight excluding hydrogens is 228 g/mol. The average Bonchev–Trinajstić information content (AvgIpc) is 2.67. The quantitative estimate of drug-likeness (QED) is 0.715. The predicted molar refractivity (Wildman–Crippen MR) is 67.5 cm³/mol. The minimum Gasteiger partial charge on any atom is -0.297 e. The Morgan fingerprint density at radius 1 is 1.47 bits per heavy atom. The molecule has 0 atom stereocenters. The molecule has 86 valence electrons. The van der Waals surface area contributed by atoms with Crippen molar-refractivity contribution in [2.45, 2.75) is 45.2 Å². The summed E-state index contributed by atoms with van der Waals surface area (Å²) in [5.74, 6) is 0.519. The van der Waals surface area contributed by atoms with Gasteiger partial charge in [-0.15, -0.1) is 22.9 Å². The molecule has 0 aliphatic heterocycles. The number of alkyl halides is 1. The number of hydrogen-bond donors (Lipinski definition) is 0. The summed E-state index contributed by atoms with van der Waals surface area (Å²) in [4.78, 5) is 6.84. The van der Waals surface area contributed by atoms with E-state index in [1.165, 1.54) is 17.8 Å². The van der Waals surface area contributed by atoms with Crippen molar-refractivity contribution in [3.05, 3.63) is 16.1 Å². The number of rotatable bonds is 6.